The summed E-state index contributed by atoms with van der Waals surface area (Å²) in [6, 6.07) is 22.8. The monoisotopic (exact) mass is 565 g/mol. The van der Waals surface area contributed by atoms with Gasteiger partial charge in [-0.2, -0.15) is 0 Å². The third kappa shape index (κ3) is 8.84. The van der Waals surface area contributed by atoms with Crippen LogP contribution in [0.3, 0.4) is 0 Å². The van der Waals surface area contributed by atoms with Crippen LogP contribution >= 0.6 is 0 Å². The average Bonchev–Trinajstić information content (AvgIpc) is 2.88. The fourth-order valence-electron chi connectivity index (χ4n) is 4.38. The molecule has 40 heavy (non-hydrogen) atoms. The molecular formula is C31H39N3O5S. The Morgan fingerprint density at radius 3 is 2.10 bits per heavy atom. The molecule has 3 aromatic rings. The first-order valence-corrected chi connectivity index (χ1v) is 14.9. The number of methoxy groups -OCH3 is 1. The zero-order valence-corrected chi connectivity index (χ0v) is 24.9. The van der Waals surface area contributed by atoms with Gasteiger partial charge in [-0.05, 0) is 63.1 Å². The molecule has 0 aliphatic rings. The summed E-state index contributed by atoms with van der Waals surface area (Å²) in [5, 5.41) is 3.02. The molecule has 8 nitrogen and oxygen atoms in total. The fraction of sp³-hybridized carbons (Fsp3) is 0.355. The second-order valence-electron chi connectivity index (χ2n) is 10.9. The maximum absolute atomic E-state index is 14.1. The van der Waals surface area contributed by atoms with Gasteiger partial charge in [-0.25, -0.2) is 8.42 Å². The molecule has 0 heterocycles. The van der Waals surface area contributed by atoms with Gasteiger partial charge in [0, 0.05) is 18.5 Å². The second-order valence-corrected chi connectivity index (χ2v) is 12.8. The van der Waals surface area contributed by atoms with E-state index < -0.39 is 34.1 Å². The van der Waals surface area contributed by atoms with Crippen molar-refractivity contribution in [2.75, 3.05) is 24.2 Å². The molecule has 0 saturated carbocycles. The zero-order chi connectivity index (χ0) is 29.5. The molecule has 3 rings (SSSR count). The van der Waals surface area contributed by atoms with Gasteiger partial charge in [0.2, 0.25) is 21.8 Å². The summed E-state index contributed by atoms with van der Waals surface area (Å²) in [7, 11) is -2.32. The molecule has 214 valence electrons. The summed E-state index contributed by atoms with van der Waals surface area (Å²) in [4.78, 5) is 29.3. The van der Waals surface area contributed by atoms with Crippen molar-refractivity contribution in [3.8, 4) is 5.75 Å². The smallest absolute Gasteiger partial charge is 0.244 e. The Morgan fingerprint density at radius 2 is 1.55 bits per heavy atom. The number of hydrogen-bond acceptors (Lipinski definition) is 5. The Hall–Kier alpha value is -3.85. The number of nitrogens with one attached hydrogen (secondary N) is 1. The summed E-state index contributed by atoms with van der Waals surface area (Å²) in [6.07, 6.45) is 1.32. The number of amides is 2. The van der Waals surface area contributed by atoms with E-state index in [0.29, 0.717) is 11.4 Å². The van der Waals surface area contributed by atoms with Crippen LogP contribution in [0.25, 0.3) is 0 Å². The van der Waals surface area contributed by atoms with E-state index in [9.17, 15) is 18.0 Å². The van der Waals surface area contributed by atoms with Crippen LogP contribution in [0.1, 0.15) is 37.5 Å². The maximum Gasteiger partial charge on any atom is 0.244 e. The predicted molar refractivity (Wildman–Crippen MR) is 159 cm³/mol. The number of carbonyl (C=O) groups is 2. The number of ether oxygens (including phenoxy) is 1. The van der Waals surface area contributed by atoms with Crippen molar-refractivity contribution in [2.45, 2.75) is 52.2 Å². The second kappa shape index (κ2) is 13.0. The van der Waals surface area contributed by atoms with Crippen LogP contribution in [0, 0.1) is 6.92 Å². The summed E-state index contributed by atoms with van der Waals surface area (Å²) >= 11 is 0. The van der Waals surface area contributed by atoms with Gasteiger partial charge < -0.3 is 15.0 Å². The van der Waals surface area contributed by atoms with Crippen molar-refractivity contribution >= 4 is 27.5 Å². The standard InChI is InChI=1S/C31H39N3O5S/c1-23-11-10-14-25(19-23)21-33(28(30(36)32-31(2,3)4)20-24-12-8-7-9-13-24)29(35)22-34(40(6,37)38)26-15-17-27(39-5)18-16-26/h7-19,28H,20-22H2,1-6H3,(H,32,36). The average molecular weight is 566 g/mol. The minimum absolute atomic E-state index is 0.135. The summed E-state index contributed by atoms with van der Waals surface area (Å²) < 4.78 is 32.0. The van der Waals surface area contributed by atoms with Crippen molar-refractivity contribution in [3.63, 3.8) is 0 Å². The molecule has 0 spiro atoms. The largest absolute Gasteiger partial charge is 0.497 e. The normalized spacial score (nSPS) is 12.3. The molecule has 9 heteroatoms. The number of sulfonamides is 1. The number of carbonyl (C=O) groups excluding carboxylic acids is 2. The number of hydrogen-bond donors (Lipinski definition) is 1. The minimum Gasteiger partial charge on any atom is -0.497 e. The molecule has 1 unspecified atom stereocenters. The van der Waals surface area contributed by atoms with Crippen LogP contribution < -0.4 is 14.4 Å². The lowest BCUT2D eigenvalue weighted by Crippen LogP contribution is -2.56. The predicted octanol–water partition coefficient (Wildman–Crippen LogP) is 4.32. The first-order valence-electron chi connectivity index (χ1n) is 13.1. The van der Waals surface area contributed by atoms with Crippen LogP contribution in [-0.2, 0) is 32.6 Å². The Morgan fingerprint density at radius 1 is 0.925 bits per heavy atom. The third-order valence-corrected chi connectivity index (χ3v) is 7.38. The summed E-state index contributed by atoms with van der Waals surface area (Å²) in [6.45, 7) is 7.27. The Balaban J connectivity index is 2.06. The highest BCUT2D eigenvalue weighted by molar-refractivity contribution is 7.92. The molecule has 0 aliphatic carbocycles. The van der Waals surface area contributed by atoms with Crippen LogP contribution in [0.5, 0.6) is 5.75 Å². The zero-order valence-electron chi connectivity index (χ0n) is 24.0. The van der Waals surface area contributed by atoms with Gasteiger partial charge in [0.05, 0.1) is 19.1 Å². The van der Waals surface area contributed by atoms with Gasteiger partial charge in [0.1, 0.15) is 18.3 Å². The highest BCUT2D eigenvalue weighted by Gasteiger charge is 2.34. The summed E-state index contributed by atoms with van der Waals surface area (Å²) in [5.41, 5.74) is 2.52. The maximum atomic E-state index is 14.1. The molecule has 0 fully saturated rings. The number of rotatable bonds is 11. The van der Waals surface area contributed by atoms with Crippen molar-refractivity contribution in [1.82, 2.24) is 10.2 Å². The lowest BCUT2D eigenvalue weighted by molar-refractivity contribution is -0.140. The molecule has 1 N–H and O–H groups in total. The van der Waals surface area contributed by atoms with Gasteiger partial charge >= 0.3 is 0 Å². The molecular weight excluding hydrogens is 526 g/mol. The topological polar surface area (TPSA) is 96.0 Å². The lowest BCUT2D eigenvalue weighted by atomic mass is 10.0. The molecule has 1 atom stereocenters. The van der Waals surface area contributed by atoms with Crippen molar-refractivity contribution in [1.29, 1.82) is 0 Å². The fourth-order valence-corrected chi connectivity index (χ4v) is 5.23. The van der Waals surface area contributed by atoms with E-state index in [0.717, 1.165) is 27.3 Å². The molecule has 2 amide bonds. The van der Waals surface area contributed by atoms with E-state index in [1.807, 2.05) is 82.3 Å². The molecule has 0 aliphatic heterocycles. The molecule has 0 bridgehead atoms. The first kappa shape index (κ1) is 30.7. The quantitative estimate of drug-likeness (QED) is 0.374. The molecule has 0 radical (unpaired) electrons. The van der Waals surface area contributed by atoms with Crippen molar-refractivity contribution in [3.05, 3.63) is 95.6 Å². The van der Waals surface area contributed by atoms with Crippen molar-refractivity contribution < 1.29 is 22.7 Å². The van der Waals surface area contributed by atoms with Gasteiger partial charge in [-0.15, -0.1) is 0 Å². The van der Waals surface area contributed by atoms with E-state index >= 15 is 0 Å². The van der Waals surface area contributed by atoms with E-state index in [2.05, 4.69) is 5.32 Å². The van der Waals surface area contributed by atoms with E-state index in [1.165, 1.54) is 12.0 Å². The van der Waals surface area contributed by atoms with Crippen molar-refractivity contribution in [2.24, 2.45) is 0 Å². The lowest BCUT2D eigenvalue weighted by Gasteiger charge is -2.35. The van der Waals surface area contributed by atoms with Gasteiger partial charge in [0.25, 0.3) is 0 Å². The van der Waals surface area contributed by atoms with Gasteiger partial charge in [-0.3, -0.25) is 13.9 Å². The summed E-state index contributed by atoms with van der Waals surface area (Å²) in [5.74, 6) is -0.244. The van der Waals surface area contributed by atoms with Crippen LogP contribution in [0.2, 0.25) is 0 Å². The number of aryl methyl sites for hydroxylation is 1. The highest BCUT2D eigenvalue weighted by atomic mass is 32.2. The minimum atomic E-state index is -3.83. The van der Waals surface area contributed by atoms with Crippen LogP contribution in [0.15, 0.2) is 78.9 Å². The number of anilines is 1. The van der Waals surface area contributed by atoms with E-state index in [1.54, 1.807) is 24.3 Å². The molecule has 3 aromatic carbocycles. The molecule has 0 aromatic heterocycles. The first-order chi connectivity index (χ1) is 18.8. The molecule has 0 saturated heterocycles. The SMILES string of the molecule is COc1ccc(N(CC(=O)N(Cc2cccc(C)c2)C(Cc2ccccc2)C(=O)NC(C)(C)C)S(C)(=O)=O)cc1. The number of benzene rings is 3. The van der Waals surface area contributed by atoms with E-state index in [-0.39, 0.29) is 18.9 Å². The van der Waals surface area contributed by atoms with E-state index in [4.69, 9.17) is 4.74 Å². The Kier molecular flexibility index (Phi) is 9.98. The third-order valence-electron chi connectivity index (χ3n) is 6.24. The Labute approximate surface area is 238 Å². The van der Waals surface area contributed by atoms with Gasteiger partial charge in [-0.1, -0.05) is 60.2 Å². The highest BCUT2D eigenvalue weighted by Crippen LogP contribution is 2.23. The Bertz CT molecular complexity index is 1400. The van der Waals surface area contributed by atoms with Crippen LogP contribution in [-0.4, -0.2) is 56.6 Å². The van der Waals surface area contributed by atoms with Crippen LogP contribution in [0.4, 0.5) is 5.69 Å². The number of nitrogens with zero attached hydrogens (tertiary/aromatic N) is 2. The van der Waals surface area contributed by atoms with Gasteiger partial charge in [0.15, 0.2) is 0 Å².